The quantitative estimate of drug-likeness (QED) is 0.801. The molecule has 110 valence electrons. The summed E-state index contributed by atoms with van der Waals surface area (Å²) in [6, 6.07) is 5.19. The molecule has 0 saturated carbocycles. The maximum Gasteiger partial charge on any atom is 0.253 e. The van der Waals surface area contributed by atoms with E-state index in [1.807, 2.05) is 12.1 Å². The van der Waals surface area contributed by atoms with E-state index < -0.39 is 0 Å². The third-order valence-corrected chi connectivity index (χ3v) is 3.72. The van der Waals surface area contributed by atoms with Crippen LogP contribution in [0.5, 0.6) is 0 Å². The number of carbonyl (C=O) groups excluding carboxylic acids is 1. The molecule has 0 spiro atoms. The van der Waals surface area contributed by atoms with Gasteiger partial charge in [-0.3, -0.25) is 19.1 Å². The highest BCUT2D eigenvalue weighted by Crippen LogP contribution is 2.15. The van der Waals surface area contributed by atoms with E-state index in [1.165, 1.54) is 28.7 Å². The second-order valence-electron chi connectivity index (χ2n) is 4.38. The van der Waals surface area contributed by atoms with Gasteiger partial charge in [-0.15, -0.1) is 11.8 Å². The lowest BCUT2D eigenvalue weighted by Gasteiger charge is -2.07. The Morgan fingerprint density at radius 3 is 2.86 bits per heavy atom. The van der Waals surface area contributed by atoms with Crippen molar-refractivity contribution in [3.05, 3.63) is 53.0 Å². The number of hydrogen-bond acceptors (Lipinski definition) is 5. The molecule has 2 rings (SSSR count). The zero-order valence-corrected chi connectivity index (χ0v) is 12.5. The van der Waals surface area contributed by atoms with Crippen LogP contribution in [0.25, 0.3) is 0 Å². The van der Waals surface area contributed by atoms with Crippen molar-refractivity contribution in [2.75, 3.05) is 12.3 Å². The van der Waals surface area contributed by atoms with Crippen LogP contribution in [-0.4, -0.2) is 32.7 Å². The summed E-state index contributed by atoms with van der Waals surface area (Å²) >= 11 is 1.45. The summed E-state index contributed by atoms with van der Waals surface area (Å²) in [5.41, 5.74) is 0.581. The summed E-state index contributed by atoms with van der Waals surface area (Å²) in [4.78, 5) is 32.3. The number of rotatable bonds is 6. The molecular formula is C14H16N4O2S. The standard InChI is InChI=1S/C14H16N4O2S/c1-11-8-14(20)18(10-17-11)7-6-16-13(19)9-21-12-2-4-15-5-3-12/h2-5,8,10H,6-7,9H2,1H3,(H,16,19). The van der Waals surface area contributed by atoms with Gasteiger partial charge in [0.05, 0.1) is 12.1 Å². The van der Waals surface area contributed by atoms with Crippen molar-refractivity contribution in [1.82, 2.24) is 19.9 Å². The van der Waals surface area contributed by atoms with Gasteiger partial charge in [0.1, 0.15) is 0 Å². The molecule has 0 fully saturated rings. The number of thioether (sulfide) groups is 1. The number of aryl methyl sites for hydroxylation is 1. The number of carbonyl (C=O) groups is 1. The number of amides is 1. The predicted molar refractivity (Wildman–Crippen MR) is 81.2 cm³/mol. The smallest absolute Gasteiger partial charge is 0.253 e. The zero-order valence-electron chi connectivity index (χ0n) is 11.7. The van der Waals surface area contributed by atoms with Crippen LogP contribution in [0.2, 0.25) is 0 Å². The minimum Gasteiger partial charge on any atom is -0.354 e. The summed E-state index contributed by atoms with van der Waals surface area (Å²) in [6.45, 7) is 2.59. The molecule has 1 amide bonds. The molecule has 0 aliphatic carbocycles. The molecule has 0 atom stereocenters. The van der Waals surface area contributed by atoms with Crippen LogP contribution >= 0.6 is 11.8 Å². The zero-order chi connectivity index (χ0) is 15.1. The maximum absolute atomic E-state index is 11.7. The molecule has 0 aliphatic heterocycles. The van der Waals surface area contributed by atoms with Crippen molar-refractivity contribution in [1.29, 1.82) is 0 Å². The maximum atomic E-state index is 11.7. The van der Waals surface area contributed by atoms with Gasteiger partial charge in [-0.2, -0.15) is 0 Å². The van der Waals surface area contributed by atoms with Crippen LogP contribution in [-0.2, 0) is 11.3 Å². The molecule has 6 nitrogen and oxygen atoms in total. The average Bonchev–Trinajstić information content (AvgIpc) is 2.48. The van der Waals surface area contributed by atoms with E-state index in [4.69, 9.17) is 0 Å². The summed E-state index contributed by atoms with van der Waals surface area (Å²) in [5, 5.41) is 2.78. The highest BCUT2D eigenvalue weighted by Gasteiger charge is 2.03. The van der Waals surface area contributed by atoms with Gasteiger partial charge in [-0.25, -0.2) is 4.98 Å². The Hall–Kier alpha value is -2.15. The number of hydrogen-bond donors (Lipinski definition) is 1. The van der Waals surface area contributed by atoms with Crippen molar-refractivity contribution >= 4 is 17.7 Å². The monoisotopic (exact) mass is 304 g/mol. The fourth-order valence-electron chi connectivity index (χ4n) is 1.63. The first-order valence-corrected chi connectivity index (χ1v) is 7.46. The Morgan fingerprint density at radius 2 is 2.14 bits per heavy atom. The van der Waals surface area contributed by atoms with Crippen molar-refractivity contribution in [2.24, 2.45) is 0 Å². The van der Waals surface area contributed by atoms with Gasteiger partial charge in [-0.1, -0.05) is 0 Å². The van der Waals surface area contributed by atoms with E-state index in [-0.39, 0.29) is 11.5 Å². The van der Waals surface area contributed by atoms with Gasteiger partial charge in [0.2, 0.25) is 5.91 Å². The van der Waals surface area contributed by atoms with E-state index in [9.17, 15) is 9.59 Å². The first kappa shape index (κ1) is 15.2. The van der Waals surface area contributed by atoms with E-state index in [1.54, 1.807) is 19.3 Å². The number of nitrogens with zero attached hydrogens (tertiary/aromatic N) is 3. The highest BCUT2D eigenvalue weighted by molar-refractivity contribution is 8.00. The van der Waals surface area contributed by atoms with E-state index in [2.05, 4.69) is 15.3 Å². The molecule has 0 bridgehead atoms. The van der Waals surface area contributed by atoms with Crippen LogP contribution in [0.3, 0.4) is 0 Å². The average molecular weight is 304 g/mol. The van der Waals surface area contributed by atoms with Crippen molar-refractivity contribution in [3.63, 3.8) is 0 Å². The van der Waals surface area contributed by atoms with Gasteiger partial charge in [0.15, 0.2) is 0 Å². The van der Waals surface area contributed by atoms with Gasteiger partial charge in [0, 0.05) is 42.1 Å². The molecular weight excluding hydrogens is 288 g/mol. The molecule has 0 radical (unpaired) electrons. The second kappa shape index (κ2) is 7.58. The van der Waals surface area contributed by atoms with Crippen LogP contribution in [0, 0.1) is 6.92 Å². The Morgan fingerprint density at radius 1 is 1.38 bits per heavy atom. The third kappa shape index (κ3) is 5.03. The van der Waals surface area contributed by atoms with Gasteiger partial charge >= 0.3 is 0 Å². The van der Waals surface area contributed by atoms with Crippen molar-refractivity contribution in [3.8, 4) is 0 Å². The molecule has 0 aromatic carbocycles. The topological polar surface area (TPSA) is 76.9 Å². The largest absolute Gasteiger partial charge is 0.354 e. The lowest BCUT2D eigenvalue weighted by atomic mass is 10.4. The minimum absolute atomic E-state index is 0.0649. The third-order valence-electron chi connectivity index (χ3n) is 2.71. The minimum atomic E-state index is -0.108. The molecule has 2 heterocycles. The van der Waals surface area contributed by atoms with Crippen LogP contribution in [0.15, 0.2) is 46.6 Å². The van der Waals surface area contributed by atoms with Crippen molar-refractivity contribution in [2.45, 2.75) is 18.4 Å². The van der Waals surface area contributed by atoms with E-state index in [0.29, 0.717) is 24.5 Å². The Kier molecular flexibility index (Phi) is 5.51. The fourth-order valence-corrected chi connectivity index (χ4v) is 2.35. The van der Waals surface area contributed by atoms with Gasteiger partial charge < -0.3 is 5.32 Å². The normalized spacial score (nSPS) is 10.3. The van der Waals surface area contributed by atoms with Crippen LogP contribution < -0.4 is 10.9 Å². The van der Waals surface area contributed by atoms with E-state index >= 15 is 0 Å². The lowest BCUT2D eigenvalue weighted by molar-refractivity contribution is -0.118. The predicted octanol–water partition coefficient (Wildman–Crippen LogP) is 0.855. The van der Waals surface area contributed by atoms with E-state index in [0.717, 1.165) is 4.90 Å². The van der Waals surface area contributed by atoms with Crippen LogP contribution in [0.1, 0.15) is 5.69 Å². The highest BCUT2D eigenvalue weighted by atomic mass is 32.2. The molecule has 0 saturated heterocycles. The van der Waals surface area contributed by atoms with Gasteiger partial charge in [-0.05, 0) is 19.1 Å². The summed E-state index contributed by atoms with van der Waals surface area (Å²) in [7, 11) is 0. The molecule has 2 aromatic rings. The Labute approximate surface area is 126 Å². The molecule has 0 aliphatic rings. The molecule has 21 heavy (non-hydrogen) atoms. The molecule has 1 N–H and O–H groups in total. The number of nitrogens with one attached hydrogen (secondary N) is 1. The van der Waals surface area contributed by atoms with Crippen molar-refractivity contribution < 1.29 is 4.79 Å². The lowest BCUT2D eigenvalue weighted by Crippen LogP contribution is -2.31. The summed E-state index contributed by atoms with van der Waals surface area (Å²) in [5.74, 6) is 0.273. The number of pyridine rings is 1. The molecule has 0 unspecified atom stereocenters. The second-order valence-corrected chi connectivity index (χ2v) is 5.43. The number of aromatic nitrogens is 3. The summed E-state index contributed by atoms with van der Waals surface area (Å²) in [6.07, 6.45) is 4.88. The SMILES string of the molecule is Cc1cc(=O)n(CCNC(=O)CSc2ccncc2)cn1. The Bertz CT molecular complexity index is 658. The Balaban J connectivity index is 1.73. The van der Waals surface area contributed by atoms with Gasteiger partial charge in [0.25, 0.3) is 5.56 Å². The van der Waals surface area contributed by atoms with Crippen LogP contribution in [0.4, 0.5) is 0 Å². The fraction of sp³-hybridized carbons (Fsp3) is 0.286. The molecule has 2 aromatic heterocycles. The summed E-state index contributed by atoms with van der Waals surface area (Å²) < 4.78 is 1.48. The molecule has 7 heteroatoms. The first-order chi connectivity index (χ1) is 10.1. The first-order valence-electron chi connectivity index (χ1n) is 6.48.